The van der Waals surface area contributed by atoms with Gasteiger partial charge in [-0.05, 0) is 20.9 Å². The van der Waals surface area contributed by atoms with Crippen LogP contribution in [-0.2, 0) is 9.53 Å². The number of likely N-dealkylation sites (N-methyl/N-ethyl adjacent to an activating group) is 1. The van der Waals surface area contributed by atoms with Crippen LogP contribution in [0.15, 0.2) is 0 Å². The van der Waals surface area contributed by atoms with Crippen molar-refractivity contribution in [1.29, 1.82) is 0 Å². The Balaban J connectivity index is 4.23. The van der Waals surface area contributed by atoms with Crippen LogP contribution in [0.2, 0.25) is 0 Å². The quantitative estimate of drug-likeness (QED) is 0.628. The van der Waals surface area contributed by atoms with E-state index in [0.717, 1.165) is 19.6 Å². The number of carbonyl (C=O) groups excluding carboxylic acids is 1. The van der Waals surface area contributed by atoms with Gasteiger partial charge in [-0.25, -0.2) is 0 Å². The molecule has 0 radical (unpaired) electrons. The molecule has 0 bridgehead atoms. The third-order valence-electron chi connectivity index (χ3n) is 3.07. The van der Waals surface area contributed by atoms with Crippen LogP contribution >= 0.6 is 0 Å². The molecule has 102 valence electrons. The molecule has 0 saturated heterocycles. The fourth-order valence-electron chi connectivity index (χ4n) is 1.74. The molecular weight excluding hydrogens is 218 g/mol. The Bertz CT molecular complexity index is 208. The Labute approximate surface area is 105 Å². The Hall–Kier alpha value is -0.650. The van der Waals surface area contributed by atoms with E-state index in [1.807, 2.05) is 25.8 Å². The molecule has 1 amide bonds. The topological polar surface area (TPSA) is 58.8 Å². The van der Waals surface area contributed by atoms with Gasteiger partial charge >= 0.3 is 0 Å². The predicted molar refractivity (Wildman–Crippen MR) is 69.9 cm³/mol. The third-order valence-corrected chi connectivity index (χ3v) is 3.07. The largest absolute Gasteiger partial charge is 0.383 e. The molecule has 5 nitrogen and oxygen atoms in total. The van der Waals surface area contributed by atoms with Crippen LogP contribution in [-0.4, -0.2) is 68.7 Å². The number of hydrogen-bond acceptors (Lipinski definition) is 4. The van der Waals surface area contributed by atoms with E-state index in [0.29, 0.717) is 19.6 Å². The summed E-state index contributed by atoms with van der Waals surface area (Å²) in [6.07, 6.45) is 0.485. The smallest absolute Gasteiger partial charge is 0.224 e. The zero-order valence-corrected chi connectivity index (χ0v) is 11.6. The van der Waals surface area contributed by atoms with Crippen LogP contribution < -0.4 is 5.73 Å². The molecule has 1 unspecified atom stereocenters. The minimum atomic E-state index is 0.0956. The number of rotatable bonds is 9. The summed E-state index contributed by atoms with van der Waals surface area (Å²) in [6, 6.07) is 0.0956. The first-order valence-electron chi connectivity index (χ1n) is 6.27. The maximum Gasteiger partial charge on any atom is 0.224 e. The molecule has 0 fully saturated rings. The van der Waals surface area contributed by atoms with Gasteiger partial charge in [-0.15, -0.1) is 0 Å². The number of amides is 1. The highest BCUT2D eigenvalue weighted by Crippen LogP contribution is 2.04. The van der Waals surface area contributed by atoms with Crippen LogP contribution in [0.5, 0.6) is 0 Å². The van der Waals surface area contributed by atoms with E-state index in [1.54, 1.807) is 7.11 Å². The fourth-order valence-corrected chi connectivity index (χ4v) is 1.74. The number of hydrogen-bond donors (Lipinski definition) is 1. The predicted octanol–water partition coefficient (Wildman–Crippen LogP) is 0.150. The van der Waals surface area contributed by atoms with Crippen LogP contribution in [0.4, 0.5) is 0 Å². The van der Waals surface area contributed by atoms with Crippen molar-refractivity contribution in [2.45, 2.75) is 26.3 Å². The summed E-state index contributed by atoms with van der Waals surface area (Å²) in [5, 5.41) is 0. The highest BCUT2D eigenvalue weighted by molar-refractivity contribution is 5.76. The Morgan fingerprint density at radius 2 is 1.94 bits per heavy atom. The van der Waals surface area contributed by atoms with Crippen molar-refractivity contribution in [2.24, 2.45) is 5.73 Å². The zero-order chi connectivity index (χ0) is 13.3. The first-order valence-corrected chi connectivity index (χ1v) is 6.27. The van der Waals surface area contributed by atoms with Crippen molar-refractivity contribution in [3.05, 3.63) is 0 Å². The number of methoxy groups -OCH3 is 1. The van der Waals surface area contributed by atoms with E-state index in [9.17, 15) is 4.79 Å². The lowest BCUT2D eigenvalue weighted by molar-refractivity contribution is -0.132. The Kier molecular flexibility index (Phi) is 9.03. The van der Waals surface area contributed by atoms with Crippen LogP contribution in [0, 0.1) is 0 Å². The Morgan fingerprint density at radius 1 is 1.35 bits per heavy atom. The average molecular weight is 245 g/mol. The molecule has 5 heteroatoms. The average Bonchev–Trinajstić information content (AvgIpc) is 2.34. The second kappa shape index (κ2) is 9.39. The van der Waals surface area contributed by atoms with Crippen molar-refractivity contribution in [3.8, 4) is 0 Å². The van der Waals surface area contributed by atoms with Gasteiger partial charge in [-0.3, -0.25) is 9.69 Å². The van der Waals surface area contributed by atoms with Gasteiger partial charge in [0.05, 0.1) is 6.61 Å². The molecule has 0 saturated carbocycles. The first-order chi connectivity index (χ1) is 8.10. The highest BCUT2D eigenvalue weighted by Gasteiger charge is 2.19. The van der Waals surface area contributed by atoms with Gasteiger partial charge in [-0.1, -0.05) is 0 Å². The molecular formula is C12H27N3O2. The van der Waals surface area contributed by atoms with E-state index < -0.39 is 0 Å². The van der Waals surface area contributed by atoms with Crippen LogP contribution in [0.25, 0.3) is 0 Å². The van der Waals surface area contributed by atoms with Crippen molar-refractivity contribution in [3.63, 3.8) is 0 Å². The lowest BCUT2D eigenvalue weighted by Gasteiger charge is -2.28. The van der Waals surface area contributed by atoms with Gasteiger partial charge in [0.15, 0.2) is 0 Å². The van der Waals surface area contributed by atoms with Crippen LogP contribution in [0.3, 0.4) is 0 Å². The van der Waals surface area contributed by atoms with Crippen LogP contribution in [0.1, 0.15) is 20.3 Å². The normalized spacial score (nSPS) is 12.8. The maximum atomic E-state index is 12.0. The van der Waals surface area contributed by atoms with Crippen molar-refractivity contribution >= 4 is 5.91 Å². The third kappa shape index (κ3) is 6.00. The van der Waals surface area contributed by atoms with Crippen molar-refractivity contribution in [2.75, 3.05) is 46.9 Å². The molecule has 0 aliphatic heterocycles. The summed E-state index contributed by atoms with van der Waals surface area (Å²) in [5.41, 5.74) is 5.72. The minimum Gasteiger partial charge on any atom is -0.383 e. The molecule has 1 atom stereocenters. The van der Waals surface area contributed by atoms with Crippen molar-refractivity contribution in [1.82, 2.24) is 9.80 Å². The number of nitrogens with two attached hydrogens (primary N) is 1. The lowest BCUT2D eigenvalue weighted by atomic mass is 10.1. The minimum absolute atomic E-state index is 0.0956. The lowest BCUT2D eigenvalue weighted by Crippen LogP contribution is -2.44. The molecule has 0 aliphatic rings. The van der Waals surface area contributed by atoms with E-state index >= 15 is 0 Å². The van der Waals surface area contributed by atoms with E-state index in [2.05, 4.69) is 4.90 Å². The molecule has 0 rings (SSSR count). The molecule has 0 heterocycles. The molecule has 0 aromatic heterocycles. The fraction of sp³-hybridized carbons (Fsp3) is 0.917. The number of carbonyl (C=O) groups is 1. The van der Waals surface area contributed by atoms with Gasteiger partial charge in [0.2, 0.25) is 5.91 Å². The summed E-state index contributed by atoms with van der Waals surface area (Å²) < 4.78 is 5.02. The maximum absolute atomic E-state index is 12.0. The van der Waals surface area contributed by atoms with E-state index in [1.165, 1.54) is 0 Å². The van der Waals surface area contributed by atoms with Gasteiger partial charge < -0.3 is 15.4 Å². The first kappa shape index (κ1) is 16.4. The second-order valence-electron chi connectivity index (χ2n) is 4.13. The summed E-state index contributed by atoms with van der Waals surface area (Å²) in [4.78, 5) is 15.9. The number of ether oxygens (including phenoxy) is 1. The van der Waals surface area contributed by atoms with Gasteiger partial charge in [0.25, 0.3) is 0 Å². The summed E-state index contributed by atoms with van der Waals surface area (Å²) in [7, 11) is 3.65. The second-order valence-corrected chi connectivity index (χ2v) is 4.13. The van der Waals surface area contributed by atoms with Crippen molar-refractivity contribution < 1.29 is 9.53 Å². The summed E-state index contributed by atoms with van der Waals surface area (Å²) in [6.45, 7) is 7.45. The molecule has 0 aromatic carbocycles. The molecule has 0 spiro atoms. The monoisotopic (exact) mass is 245 g/mol. The Morgan fingerprint density at radius 3 is 2.35 bits per heavy atom. The molecule has 0 aromatic rings. The number of nitrogens with zero attached hydrogens (tertiary/aromatic N) is 2. The standard InChI is InChI=1S/C12H27N3O2/c1-5-15(6-2)12(16)9-11(10-13)14(3)7-8-17-4/h11H,5-10,13H2,1-4H3. The van der Waals surface area contributed by atoms with Gasteiger partial charge in [0.1, 0.15) is 0 Å². The highest BCUT2D eigenvalue weighted by atomic mass is 16.5. The molecule has 2 N–H and O–H groups in total. The van der Waals surface area contributed by atoms with E-state index in [4.69, 9.17) is 10.5 Å². The van der Waals surface area contributed by atoms with Gasteiger partial charge in [-0.2, -0.15) is 0 Å². The van der Waals surface area contributed by atoms with E-state index in [-0.39, 0.29) is 11.9 Å². The van der Waals surface area contributed by atoms with Gasteiger partial charge in [0, 0.05) is 45.8 Å². The summed E-state index contributed by atoms with van der Waals surface area (Å²) in [5.74, 6) is 0.176. The zero-order valence-electron chi connectivity index (χ0n) is 11.6. The summed E-state index contributed by atoms with van der Waals surface area (Å²) >= 11 is 0. The molecule has 0 aliphatic carbocycles. The molecule has 17 heavy (non-hydrogen) atoms. The SMILES string of the molecule is CCN(CC)C(=O)CC(CN)N(C)CCOC.